The van der Waals surface area contributed by atoms with Crippen molar-refractivity contribution in [2.24, 2.45) is 0 Å². The molecule has 0 fully saturated rings. The molecule has 2 aliphatic rings. The molecule has 54 heavy (non-hydrogen) atoms. The molecule has 0 N–H and O–H groups in total. The maximum Gasteiger partial charge on any atom is 0.0740 e. The van der Waals surface area contributed by atoms with Crippen molar-refractivity contribution in [2.45, 2.75) is 5.41 Å². The van der Waals surface area contributed by atoms with Crippen molar-refractivity contribution < 1.29 is 0 Å². The molecule has 2 aromatic heterocycles. The highest BCUT2D eigenvalue weighted by Gasteiger charge is 2.53. The van der Waals surface area contributed by atoms with Gasteiger partial charge in [-0.1, -0.05) is 133 Å². The summed E-state index contributed by atoms with van der Waals surface area (Å²) in [5.74, 6) is 0. The fourth-order valence-electron chi connectivity index (χ4n) is 9.45. The minimum atomic E-state index is -0.372. The first-order chi connectivity index (χ1) is 26.8. The largest absolute Gasteiger partial charge is 0.310 e. The monoisotopic (exact) mass is 721 g/mol. The molecule has 0 aliphatic heterocycles. The third kappa shape index (κ3) is 4.08. The van der Waals surface area contributed by atoms with Crippen molar-refractivity contribution in [3.8, 4) is 32.7 Å². The molecule has 2 aliphatic carbocycles. The molecule has 3 heteroatoms. The second-order valence-electron chi connectivity index (χ2n) is 14.4. The van der Waals surface area contributed by atoms with Gasteiger partial charge in [-0.05, 0) is 110 Å². The van der Waals surface area contributed by atoms with Crippen molar-refractivity contribution in [3.05, 3.63) is 210 Å². The van der Waals surface area contributed by atoms with Crippen LogP contribution in [0.5, 0.6) is 0 Å². The van der Waals surface area contributed by atoms with Crippen LogP contribution in [-0.4, -0.2) is 0 Å². The van der Waals surface area contributed by atoms with Crippen LogP contribution in [0.1, 0.15) is 22.3 Å². The molecule has 2 heterocycles. The molecule has 0 radical (unpaired) electrons. The van der Waals surface area contributed by atoms with Gasteiger partial charge in [-0.2, -0.15) is 0 Å². The molecular formula is C51H31NS2. The Bertz CT molecular complexity index is 3110. The van der Waals surface area contributed by atoms with Crippen molar-refractivity contribution in [1.82, 2.24) is 0 Å². The van der Waals surface area contributed by atoms with E-state index in [9.17, 15) is 0 Å². The molecule has 0 amide bonds. The van der Waals surface area contributed by atoms with Gasteiger partial charge in [0, 0.05) is 46.8 Å². The summed E-state index contributed by atoms with van der Waals surface area (Å²) in [6.07, 6.45) is 0. The summed E-state index contributed by atoms with van der Waals surface area (Å²) >= 11 is 3.80. The van der Waals surface area contributed by atoms with Crippen LogP contribution >= 0.6 is 22.7 Å². The van der Waals surface area contributed by atoms with E-state index in [-0.39, 0.29) is 5.41 Å². The predicted molar refractivity (Wildman–Crippen MR) is 231 cm³/mol. The molecule has 1 unspecified atom stereocenters. The highest BCUT2D eigenvalue weighted by atomic mass is 32.1. The number of anilines is 3. The van der Waals surface area contributed by atoms with Crippen LogP contribution in [0.2, 0.25) is 0 Å². The minimum Gasteiger partial charge on any atom is -0.310 e. The first-order valence-electron chi connectivity index (χ1n) is 18.5. The molecule has 1 nitrogen and oxygen atoms in total. The normalized spacial score (nSPS) is 15.1. The molecular weight excluding hydrogens is 691 g/mol. The molecule has 1 atom stereocenters. The maximum absolute atomic E-state index is 2.49. The van der Waals surface area contributed by atoms with Gasteiger partial charge in [-0.25, -0.2) is 0 Å². The maximum atomic E-state index is 2.49. The molecule has 0 bridgehead atoms. The van der Waals surface area contributed by atoms with Crippen molar-refractivity contribution >= 4 is 70.0 Å². The molecule has 0 saturated carbocycles. The lowest BCUT2D eigenvalue weighted by Crippen LogP contribution is -2.25. The zero-order valence-corrected chi connectivity index (χ0v) is 30.8. The lowest BCUT2D eigenvalue weighted by Gasteiger charge is -2.30. The van der Waals surface area contributed by atoms with Gasteiger partial charge in [0.1, 0.15) is 0 Å². The Morgan fingerprint density at radius 1 is 0.352 bits per heavy atom. The Balaban J connectivity index is 1.01. The third-order valence-electron chi connectivity index (χ3n) is 11.7. The standard InChI is InChI=1S/C51H31NS2/c1-2-12-34(13-3-1)52(36-27-29-40-39-15-6-10-20-46(39)53-48(40)31-36)35-25-22-32(23-26-35)33-24-28-38-37-14-4-8-18-43(37)51(45(38)30-33)44-19-9-5-16-41(44)50-49(51)42-17-7-11-21-47(42)54-50/h1-31H. The summed E-state index contributed by atoms with van der Waals surface area (Å²) in [6.45, 7) is 0. The quantitative estimate of drug-likeness (QED) is 0.175. The van der Waals surface area contributed by atoms with Gasteiger partial charge in [0.2, 0.25) is 0 Å². The van der Waals surface area contributed by atoms with E-state index in [4.69, 9.17) is 0 Å². The molecule has 8 aromatic carbocycles. The number of benzene rings is 8. The predicted octanol–water partition coefficient (Wildman–Crippen LogP) is 14.7. The Labute approximate surface area is 321 Å². The molecule has 12 rings (SSSR count). The Hall–Kier alpha value is -6.26. The van der Waals surface area contributed by atoms with Gasteiger partial charge in [0.25, 0.3) is 0 Å². The molecule has 252 valence electrons. The van der Waals surface area contributed by atoms with E-state index in [1.807, 2.05) is 22.7 Å². The average Bonchev–Trinajstić information content (AvgIpc) is 3.96. The highest BCUT2D eigenvalue weighted by Crippen LogP contribution is 2.66. The van der Waals surface area contributed by atoms with Crippen LogP contribution in [0.3, 0.4) is 0 Å². The SMILES string of the molecule is c1ccc(N(c2ccc(-c3ccc4c(c3)C3(c5ccccc5-4)c4ccccc4-c4sc5ccccc5c43)cc2)c2ccc3c(c2)sc2ccccc23)cc1. The fraction of sp³-hybridized carbons (Fsp3) is 0.0196. The van der Waals surface area contributed by atoms with Crippen molar-refractivity contribution in [3.63, 3.8) is 0 Å². The van der Waals surface area contributed by atoms with E-state index >= 15 is 0 Å². The Morgan fingerprint density at radius 3 is 1.74 bits per heavy atom. The average molecular weight is 722 g/mol. The zero-order valence-electron chi connectivity index (χ0n) is 29.2. The number of hydrogen-bond donors (Lipinski definition) is 0. The lowest BCUT2D eigenvalue weighted by atomic mass is 9.70. The minimum absolute atomic E-state index is 0.372. The van der Waals surface area contributed by atoms with Crippen LogP contribution in [0.25, 0.3) is 63.0 Å². The van der Waals surface area contributed by atoms with Gasteiger partial charge < -0.3 is 4.90 Å². The van der Waals surface area contributed by atoms with Crippen LogP contribution in [0, 0.1) is 0 Å². The van der Waals surface area contributed by atoms with Gasteiger partial charge in [-0.3, -0.25) is 0 Å². The highest BCUT2D eigenvalue weighted by molar-refractivity contribution is 7.25. The Kier molecular flexibility index (Phi) is 6.36. The van der Waals surface area contributed by atoms with Crippen LogP contribution < -0.4 is 4.90 Å². The lowest BCUT2D eigenvalue weighted by molar-refractivity contribution is 0.803. The number of fused-ring (bicyclic) bond motifs is 15. The van der Waals surface area contributed by atoms with Crippen LogP contribution in [-0.2, 0) is 5.41 Å². The second-order valence-corrected chi connectivity index (χ2v) is 16.5. The van der Waals surface area contributed by atoms with E-state index in [2.05, 4.69) is 193 Å². The first-order valence-corrected chi connectivity index (χ1v) is 20.1. The van der Waals surface area contributed by atoms with Crippen LogP contribution in [0.15, 0.2) is 188 Å². The molecule has 10 aromatic rings. The van der Waals surface area contributed by atoms with Gasteiger partial charge in [-0.15, -0.1) is 22.7 Å². The molecule has 1 spiro atoms. The van der Waals surface area contributed by atoms with E-state index < -0.39 is 0 Å². The summed E-state index contributed by atoms with van der Waals surface area (Å²) in [6, 6.07) is 69.9. The number of hydrogen-bond acceptors (Lipinski definition) is 3. The van der Waals surface area contributed by atoms with Crippen molar-refractivity contribution in [2.75, 3.05) is 4.90 Å². The van der Waals surface area contributed by atoms with E-state index in [1.54, 1.807) is 0 Å². The van der Waals surface area contributed by atoms with Gasteiger partial charge in [0.15, 0.2) is 0 Å². The van der Waals surface area contributed by atoms with E-state index in [1.165, 1.54) is 85.2 Å². The number of para-hydroxylation sites is 1. The number of rotatable bonds is 4. The third-order valence-corrected chi connectivity index (χ3v) is 14.0. The van der Waals surface area contributed by atoms with Crippen molar-refractivity contribution in [1.29, 1.82) is 0 Å². The molecule has 0 saturated heterocycles. The summed E-state index contributed by atoms with van der Waals surface area (Å²) in [7, 11) is 0. The summed E-state index contributed by atoms with van der Waals surface area (Å²) in [5, 5.41) is 4.00. The van der Waals surface area contributed by atoms with E-state index in [0.717, 1.165) is 17.1 Å². The summed E-state index contributed by atoms with van der Waals surface area (Å²) in [4.78, 5) is 3.78. The van der Waals surface area contributed by atoms with Crippen LogP contribution in [0.4, 0.5) is 17.1 Å². The van der Waals surface area contributed by atoms with Gasteiger partial charge >= 0.3 is 0 Å². The second kappa shape index (κ2) is 11.4. The van der Waals surface area contributed by atoms with E-state index in [0.29, 0.717) is 0 Å². The number of thiophene rings is 2. The Morgan fingerprint density at radius 2 is 0.926 bits per heavy atom. The topological polar surface area (TPSA) is 3.24 Å². The summed E-state index contributed by atoms with van der Waals surface area (Å²) < 4.78 is 3.97. The fourth-order valence-corrected chi connectivity index (χ4v) is 11.9. The number of nitrogens with zero attached hydrogens (tertiary/aromatic N) is 1. The first kappa shape index (κ1) is 30.2. The smallest absolute Gasteiger partial charge is 0.0740 e. The summed E-state index contributed by atoms with van der Waals surface area (Å²) in [5.41, 5.74) is 15.1. The van der Waals surface area contributed by atoms with Gasteiger partial charge in [0.05, 0.1) is 5.41 Å². The zero-order chi connectivity index (χ0) is 35.4.